The normalized spacial score (nSPS) is 23.4. The van der Waals surface area contributed by atoms with Crippen molar-refractivity contribution < 1.29 is 40.7 Å². The first-order valence-corrected chi connectivity index (χ1v) is 16.9. The molecule has 1 saturated heterocycles. The second kappa shape index (κ2) is 13.2. The number of hydrogen-bond donors (Lipinski definition) is 4. The van der Waals surface area contributed by atoms with Crippen LogP contribution in [0, 0.1) is 16.2 Å². The number of H-pyrrole nitrogens is 1. The molecule has 3 heterocycles. The number of rotatable bonds is 10. The van der Waals surface area contributed by atoms with E-state index in [0.29, 0.717) is 10.2 Å². The largest absolute Gasteiger partial charge is 0.447 e. The molecule has 1 unspecified atom stereocenters. The number of nitrogens with one attached hydrogen (secondary N) is 4. The summed E-state index contributed by atoms with van der Waals surface area (Å²) in [5.41, 5.74) is -5.52. The molecule has 0 bridgehead atoms. The number of ether oxygens (including phenoxy) is 1. The van der Waals surface area contributed by atoms with E-state index < -0.39 is 71.1 Å². The van der Waals surface area contributed by atoms with Crippen LogP contribution in [0.1, 0.15) is 77.1 Å². The summed E-state index contributed by atoms with van der Waals surface area (Å²) in [6.45, 7) is 3.36. The Morgan fingerprint density at radius 2 is 1.92 bits per heavy atom. The minimum atomic E-state index is -4.72. The van der Waals surface area contributed by atoms with Gasteiger partial charge >= 0.3 is 18.8 Å². The van der Waals surface area contributed by atoms with Crippen LogP contribution < -0.4 is 10.6 Å². The number of halogens is 7. The summed E-state index contributed by atoms with van der Waals surface area (Å²) >= 11 is 6.47. The van der Waals surface area contributed by atoms with Gasteiger partial charge in [-0.25, -0.2) is 18.9 Å². The lowest BCUT2D eigenvalue weighted by Gasteiger charge is -2.47. The lowest BCUT2D eigenvalue weighted by atomic mass is 9.60. The summed E-state index contributed by atoms with van der Waals surface area (Å²) in [5.74, 6) is -1.79. The molecule has 0 radical (unpaired) electrons. The molecule has 4 N–H and O–H groups in total. The van der Waals surface area contributed by atoms with Crippen molar-refractivity contribution in [2.24, 2.45) is 10.8 Å². The number of carbonyl (C=O) groups excluding carboxylic acids is 2. The highest BCUT2D eigenvalue weighted by Gasteiger charge is 2.66. The van der Waals surface area contributed by atoms with Gasteiger partial charge in [-0.1, -0.05) is 51.4 Å². The molecule has 284 valence electrons. The molecule has 3 aromatic rings. The number of guanidine groups is 1. The van der Waals surface area contributed by atoms with E-state index in [-0.39, 0.29) is 53.2 Å². The van der Waals surface area contributed by atoms with Gasteiger partial charge in [-0.15, -0.1) is 0 Å². The Kier molecular flexibility index (Phi) is 9.44. The van der Waals surface area contributed by atoms with E-state index in [4.69, 9.17) is 21.7 Å². The molecule has 1 aromatic carbocycles. The molecule has 19 heteroatoms. The van der Waals surface area contributed by atoms with Crippen LogP contribution in [0.2, 0.25) is 5.02 Å². The molecule has 1 saturated carbocycles. The van der Waals surface area contributed by atoms with Crippen molar-refractivity contribution in [3.05, 3.63) is 71.0 Å². The van der Waals surface area contributed by atoms with Gasteiger partial charge in [-0.05, 0) is 60.4 Å². The Morgan fingerprint density at radius 1 is 1.21 bits per heavy atom. The highest BCUT2D eigenvalue weighted by molar-refractivity contribution is 6.33. The van der Waals surface area contributed by atoms with Gasteiger partial charge in [0.1, 0.15) is 29.8 Å². The van der Waals surface area contributed by atoms with Crippen molar-refractivity contribution in [3.8, 4) is 11.4 Å². The van der Waals surface area contributed by atoms with Crippen LogP contribution >= 0.6 is 11.6 Å². The van der Waals surface area contributed by atoms with Gasteiger partial charge in [-0.2, -0.15) is 32.1 Å². The van der Waals surface area contributed by atoms with Crippen LogP contribution in [-0.4, -0.2) is 71.7 Å². The summed E-state index contributed by atoms with van der Waals surface area (Å²) in [7, 11) is 0. The summed E-state index contributed by atoms with van der Waals surface area (Å²) < 4.78 is 89.9. The number of amides is 2. The molecule has 53 heavy (non-hydrogen) atoms. The first kappa shape index (κ1) is 37.9. The molecule has 2 aliphatic carbocycles. The van der Waals surface area contributed by atoms with E-state index in [0.717, 1.165) is 17.2 Å². The van der Waals surface area contributed by atoms with E-state index in [2.05, 4.69) is 25.6 Å². The Balaban J connectivity index is 1.39. The Hall–Kier alpha value is -4.87. The van der Waals surface area contributed by atoms with Crippen molar-refractivity contribution in [1.29, 1.82) is 5.41 Å². The maximum Gasteiger partial charge on any atom is 0.411 e. The summed E-state index contributed by atoms with van der Waals surface area (Å²) in [6.07, 6.45) is -0.672. The van der Waals surface area contributed by atoms with Crippen LogP contribution in [0.15, 0.2) is 54.9 Å². The number of alkyl carbamates (subject to hydrolysis) is 1. The quantitative estimate of drug-likeness (QED) is 0.156. The van der Waals surface area contributed by atoms with Gasteiger partial charge in [0.25, 0.3) is 5.91 Å². The Bertz CT molecular complexity index is 1990. The number of aromatic nitrogens is 5. The average Bonchev–Trinajstić information content (AvgIpc) is 3.38. The van der Waals surface area contributed by atoms with Crippen LogP contribution in [-0.2, 0) is 9.53 Å². The maximum absolute atomic E-state index is 16.7. The third-order valence-electron chi connectivity index (χ3n) is 9.93. The summed E-state index contributed by atoms with van der Waals surface area (Å²) in [5, 5.41) is 24.3. The fraction of sp³-hybridized carbons (Fsp3) is 0.471. The highest BCUT2D eigenvalue weighted by atomic mass is 35.5. The zero-order valence-corrected chi connectivity index (χ0v) is 29.7. The fourth-order valence-corrected chi connectivity index (χ4v) is 7.13. The van der Waals surface area contributed by atoms with E-state index in [1.807, 2.05) is 26.1 Å². The third-order valence-corrected chi connectivity index (χ3v) is 10.3. The number of carbonyl (C=O) groups is 2. The van der Waals surface area contributed by atoms with E-state index >= 15 is 9.18 Å². The van der Waals surface area contributed by atoms with Crippen LogP contribution in [0.25, 0.3) is 17.0 Å². The molecule has 3 atom stereocenters. The zero-order chi connectivity index (χ0) is 38.7. The lowest BCUT2D eigenvalue weighted by molar-refractivity contribution is -0.164. The van der Waals surface area contributed by atoms with Crippen molar-refractivity contribution in [1.82, 2.24) is 40.5 Å². The predicted molar refractivity (Wildman–Crippen MR) is 180 cm³/mol. The van der Waals surface area contributed by atoms with E-state index in [9.17, 15) is 26.7 Å². The topological polar surface area (TPSA) is 154 Å². The van der Waals surface area contributed by atoms with Gasteiger partial charge in [0.2, 0.25) is 0 Å². The van der Waals surface area contributed by atoms with Gasteiger partial charge in [0.15, 0.2) is 11.8 Å². The lowest BCUT2D eigenvalue weighted by Crippen LogP contribution is -2.61. The molecular weight excluding hydrogens is 732 g/mol. The third kappa shape index (κ3) is 6.88. The second-order valence-electron chi connectivity index (χ2n) is 14.9. The van der Waals surface area contributed by atoms with E-state index in [1.54, 1.807) is 6.08 Å². The van der Waals surface area contributed by atoms with Gasteiger partial charge in [0, 0.05) is 17.3 Å². The van der Waals surface area contributed by atoms with Gasteiger partial charge in [0.05, 0.1) is 22.7 Å². The number of hydrogen-bond acceptors (Lipinski definition) is 7. The number of benzene rings is 1. The molecule has 6 rings (SSSR count). The molecule has 2 amide bonds. The van der Waals surface area contributed by atoms with Crippen molar-refractivity contribution in [3.63, 3.8) is 0 Å². The van der Waals surface area contributed by atoms with Crippen molar-refractivity contribution >= 4 is 35.1 Å². The van der Waals surface area contributed by atoms with Gasteiger partial charge < -0.3 is 15.4 Å². The number of nitrogens with zero attached hydrogens (tertiary/aromatic N) is 5. The number of allylic oxidation sites excluding steroid dienone is 3. The Labute approximate surface area is 304 Å². The molecule has 2 aromatic heterocycles. The minimum Gasteiger partial charge on any atom is -0.447 e. The maximum atomic E-state index is 16.7. The molecule has 1 aliphatic heterocycles. The number of aromatic amines is 1. The smallest absolute Gasteiger partial charge is 0.411 e. The summed E-state index contributed by atoms with van der Waals surface area (Å²) in [4.78, 5) is 33.0. The predicted octanol–water partition coefficient (Wildman–Crippen LogP) is 7.47. The van der Waals surface area contributed by atoms with Crippen LogP contribution in [0.3, 0.4) is 0 Å². The fourth-order valence-electron chi connectivity index (χ4n) is 6.92. The van der Waals surface area contributed by atoms with Crippen molar-refractivity contribution in [2.45, 2.75) is 83.2 Å². The van der Waals surface area contributed by atoms with Crippen LogP contribution in [0.4, 0.5) is 31.1 Å². The Morgan fingerprint density at radius 3 is 2.49 bits per heavy atom. The molecule has 0 spiro atoms. The summed E-state index contributed by atoms with van der Waals surface area (Å²) in [6, 6.07) is 3.14. The zero-order valence-electron chi connectivity index (χ0n) is 28.9. The monoisotopic (exact) mass is 767 g/mol. The first-order valence-electron chi connectivity index (χ1n) is 16.5. The average molecular weight is 768 g/mol. The van der Waals surface area contributed by atoms with E-state index in [1.165, 1.54) is 37.6 Å². The highest BCUT2D eigenvalue weighted by Crippen LogP contribution is 2.54. The standard InChI is InChI=1S/C34H36ClF6N9O3/c1-30(2,3)16-33(31(4)8-7-18(12-24(31)36)20-13-45-49(14-20)27(37)38)26(51)50(28(42)46-33)23(15-53-29(52)47-32(9-10-32)34(39,40)41)19-5-6-22(35)21(11-19)25-43-17-44-48-25/h5-7,11-14,17,23,27H,8-10,15-16H2,1-4H3,(H2,42,46)(H,47,52)(H,43,44,48)/t23-,31?,33+/m1/s1. The minimum absolute atomic E-state index is 0.0198. The molecule has 3 aliphatic rings. The van der Waals surface area contributed by atoms with Gasteiger partial charge in [-0.3, -0.25) is 20.2 Å². The van der Waals surface area contributed by atoms with Crippen LogP contribution in [0.5, 0.6) is 0 Å². The first-order chi connectivity index (χ1) is 24.7. The van der Waals surface area contributed by atoms with Crippen molar-refractivity contribution in [2.75, 3.05) is 6.61 Å². The second-order valence-corrected chi connectivity index (χ2v) is 15.3. The molecular formula is C34H36ClF6N9O3. The molecule has 12 nitrogen and oxygen atoms in total. The SMILES string of the molecule is CC(C)(C)C[C@]1(C2(C)CC=C(c3cnn(C(F)F)c3)C=C2F)NC(=N)N([C@H](COC(=O)NC2(C(F)(F)F)CC2)c2ccc(Cl)c(-c3ncn[nH]3)c2)C1=O. The number of alkyl halides is 5. The molecule has 2 fully saturated rings.